The zero-order valence-electron chi connectivity index (χ0n) is 16.1. The summed E-state index contributed by atoms with van der Waals surface area (Å²) in [5.41, 5.74) is 2.13. The first-order valence-electron chi connectivity index (χ1n) is 9.65. The summed E-state index contributed by atoms with van der Waals surface area (Å²) in [6.45, 7) is 2.75. The number of carbonyl (C=O) groups is 4. The van der Waals surface area contributed by atoms with Crippen LogP contribution < -0.4 is 5.32 Å². The normalized spacial score (nSPS) is 19.0. The Morgan fingerprint density at radius 1 is 0.966 bits per heavy atom. The molecule has 2 aliphatic heterocycles. The molecule has 0 radical (unpaired) electrons. The van der Waals surface area contributed by atoms with Crippen LogP contribution in [0.5, 0.6) is 0 Å². The number of imide groups is 2. The Labute approximate surface area is 168 Å². The molecule has 0 aromatic heterocycles. The van der Waals surface area contributed by atoms with Crippen molar-refractivity contribution < 1.29 is 19.2 Å². The van der Waals surface area contributed by atoms with E-state index < -0.39 is 23.8 Å². The van der Waals surface area contributed by atoms with Gasteiger partial charge in [0.2, 0.25) is 5.91 Å². The highest BCUT2D eigenvalue weighted by Crippen LogP contribution is 2.31. The van der Waals surface area contributed by atoms with Crippen molar-refractivity contribution in [1.82, 2.24) is 9.80 Å². The lowest BCUT2D eigenvalue weighted by Crippen LogP contribution is -2.55. The third kappa shape index (κ3) is 3.29. The summed E-state index contributed by atoms with van der Waals surface area (Å²) >= 11 is 0. The van der Waals surface area contributed by atoms with Crippen LogP contribution in [0.4, 0.5) is 5.69 Å². The molecule has 0 bridgehead atoms. The predicted molar refractivity (Wildman–Crippen MR) is 106 cm³/mol. The lowest BCUT2D eigenvalue weighted by atomic mass is 10.0. The highest BCUT2D eigenvalue weighted by Gasteiger charge is 2.46. The molecule has 1 fully saturated rings. The second kappa shape index (κ2) is 7.50. The molecule has 0 saturated carbocycles. The molecule has 1 saturated heterocycles. The first-order valence-corrected chi connectivity index (χ1v) is 9.65. The lowest BCUT2D eigenvalue weighted by molar-refractivity contribution is -0.152. The number of nitrogens with one attached hydrogen (secondary N) is 1. The Kier molecular flexibility index (Phi) is 4.88. The van der Waals surface area contributed by atoms with Gasteiger partial charge in [0.1, 0.15) is 6.04 Å². The van der Waals surface area contributed by atoms with Crippen molar-refractivity contribution in [3.05, 3.63) is 65.2 Å². The van der Waals surface area contributed by atoms with Crippen LogP contribution in [-0.4, -0.2) is 46.0 Å². The van der Waals surface area contributed by atoms with E-state index in [0.29, 0.717) is 6.54 Å². The zero-order chi connectivity index (χ0) is 20.5. The van der Waals surface area contributed by atoms with Gasteiger partial charge in [-0.3, -0.25) is 29.0 Å². The van der Waals surface area contributed by atoms with Crippen LogP contribution >= 0.6 is 0 Å². The van der Waals surface area contributed by atoms with Crippen molar-refractivity contribution in [1.29, 1.82) is 0 Å². The number of carbonyl (C=O) groups excluding carboxylic acids is 4. The largest absolute Gasteiger partial charge is 0.385 e. The van der Waals surface area contributed by atoms with E-state index in [4.69, 9.17) is 0 Å². The molecule has 148 valence electrons. The lowest BCUT2D eigenvalue weighted by Gasteiger charge is -2.34. The standard InChI is InChI=1S/C22H21N3O4/c1-2-23-15-8-9-16-17(12-15)21(28)25(20(16)27)18-10-11-19(26)24(22(18)29)13-14-6-4-3-5-7-14/h3-9,12,18,23H,2,10-11,13H2,1H3. The first kappa shape index (κ1) is 18.9. The maximum Gasteiger partial charge on any atom is 0.262 e. The number of benzene rings is 2. The third-order valence-corrected chi connectivity index (χ3v) is 5.28. The van der Waals surface area contributed by atoms with Crippen LogP contribution in [0, 0.1) is 0 Å². The van der Waals surface area contributed by atoms with Gasteiger partial charge in [0.25, 0.3) is 17.7 Å². The molecule has 7 nitrogen and oxygen atoms in total. The van der Waals surface area contributed by atoms with Crippen LogP contribution in [0.2, 0.25) is 0 Å². The minimum atomic E-state index is -0.966. The van der Waals surface area contributed by atoms with E-state index >= 15 is 0 Å². The van der Waals surface area contributed by atoms with Gasteiger partial charge in [0.05, 0.1) is 17.7 Å². The summed E-state index contributed by atoms with van der Waals surface area (Å²) in [5.74, 6) is -1.77. The van der Waals surface area contributed by atoms with Gasteiger partial charge in [-0.15, -0.1) is 0 Å². The molecule has 4 rings (SSSR count). The molecule has 1 N–H and O–H groups in total. The Morgan fingerprint density at radius 3 is 2.41 bits per heavy atom. The van der Waals surface area contributed by atoms with Crippen LogP contribution in [0.1, 0.15) is 46.0 Å². The van der Waals surface area contributed by atoms with Crippen molar-refractivity contribution >= 4 is 29.3 Å². The third-order valence-electron chi connectivity index (χ3n) is 5.28. The summed E-state index contributed by atoms with van der Waals surface area (Å²) in [6.07, 6.45) is 0.258. The maximum absolute atomic E-state index is 13.1. The summed E-state index contributed by atoms with van der Waals surface area (Å²) in [6, 6.07) is 13.2. The number of hydrogen-bond donors (Lipinski definition) is 1. The average molecular weight is 391 g/mol. The fraction of sp³-hybridized carbons (Fsp3) is 0.273. The second-order valence-corrected chi connectivity index (χ2v) is 7.13. The van der Waals surface area contributed by atoms with E-state index in [-0.39, 0.29) is 36.4 Å². The van der Waals surface area contributed by atoms with Crippen molar-refractivity contribution in [2.24, 2.45) is 0 Å². The monoisotopic (exact) mass is 391 g/mol. The summed E-state index contributed by atoms with van der Waals surface area (Å²) in [5, 5.41) is 3.11. The molecule has 1 atom stereocenters. The van der Waals surface area contributed by atoms with Gasteiger partial charge in [-0.25, -0.2) is 0 Å². The Bertz CT molecular complexity index is 1000. The molecule has 2 aliphatic rings. The van der Waals surface area contributed by atoms with E-state index in [0.717, 1.165) is 21.1 Å². The minimum Gasteiger partial charge on any atom is -0.385 e. The number of fused-ring (bicyclic) bond motifs is 1. The topological polar surface area (TPSA) is 86.8 Å². The van der Waals surface area contributed by atoms with Gasteiger partial charge < -0.3 is 5.32 Å². The van der Waals surface area contributed by atoms with Crippen molar-refractivity contribution in [3.8, 4) is 0 Å². The number of rotatable bonds is 5. The number of amides is 4. The quantitative estimate of drug-likeness (QED) is 0.791. The Balaban J connectivity index is 1.60. The molecular formula is C22H21N3O4. The zero-order valence-corrected chi connectivity index (χ0v) is 16.1. The fourth-order valence-corrected chi connectivity index (χ4v) is 3.85. The predicted octanol–water partition coefficient (Wildman–Crippen LogP) is 2.43. The Hall–Kier alpha value is -3.48. The first-order chi connectivity index (χ1) is 14.0. The second-order valence-electron chi connectivity index (χ2n) is 7.13. The van der Waals surface area contributed by atoms with Crippen molar-refractivity contribution in [3.63, 3.8) is 0 Å². The highest BCUT2D eigenvalue weighted by molar-refractivity contribution is 6.23. The summed E-state index contributed by atoms with van der Waals surface area (Å²) < 4.78 is 0. The maximum atomic E-state index is 13.1. The van der Waals surface area contributed by atoms with Crippen LogP contribution in [0.25, 0.3) is 0 Å². The molecule has 2 aromatic carbocycles. The number of piperidine rings is 1. The van der Waals surface area contributed by atoms with Crippen molar-refractivity contribution in [2.45, 2.75) is 32.4 Å². The van der Waals surface area contributed by atoms with Gasteiger partial charge >= 0.3 is 0 Å². The van der Waals surface area contributed by atoms with Crippen LogP contribution in [0.3, 0.4) is 0 Å². The molecule has 7 heteroatoms. The van der Waals surface area contributed by atoms with Gasteiger partial charge in [-0.2, -0.15) is 0 Å². The van der Waals surface area contributed by atoms with Gasteiger partial charge in [0, 0.05) is 18.7 Å². The molecule has 4 amide bonds. The SMILES string of the molecule is CCNc1ccc2c(c1)C(=O)N(C1CCC(=O)N(Cc3ccccc3)C1=O)C2=O. The van der Waals surface area contributed by atoms with Gasteiger partial charge in [0.15, 0.2) is 0 Å². The Morgan fingerprint density at radius 2 is 1.69 bits per heavy atom. The summed E-state index contributed by atoms with van der Waals surface area (Å²) in [4.78, 5) is 53.5. The number of nitrogens with zero attached hydrogens (tertiary/aromatic N) is 2. The molecule has 2 heterocycles. The molecule has 0 spiro atoms. The van der Waals surface area contributed by atoms with Crippen molar-refractivity contribution in [2.75, 3.05) is 11.9 Å². The minimum absolute atomic E-state index is 0.110. The molecule has 0 aliphatic carbocycles. The fourth-order valence-electron chi connectivity index (χ4n) is 3.85. The highest BCUT2D eigenvalue weighted by atomic mass is 16.2. The number of likely N-dealkylation sites (tertiary alicyclic amines) is 1. The van der Waals surface area contributed by atoms with Gasteiger partial charge in [-0.05, 0) is 37.1 Å². The average Bonchev–Trinajstić information content (AvgIpc) is 2.97. The molecule has 2 aromatic rings. The molecule has 29 heavy (non-hydrogen) atoms. The molecular weight excluding hydrogens is 370 g/mol. The van der Waals surface area contributed by atoms with E-state index in [1.807, 2.05) is 37.3 Å². The van der Waals surface area contributed by atoms with E-state index in [9.17, 15) is 19.2 Å². The van der Waals surface area contributed by atoms with E-state index in [1.165, 1.54) is 0 Å². The number of hydrogen-bond acceptors (Lipinski definition) is 5. The van der Waals surface area contributed by atoms with Crippen LogP contribution in [-0.2, 0) is 16.1 Å². The van der Waals surface area contributed by atoms with Crippen LogP contribution in [0.15, 0.2) is 48.5 Å². The smallest absolute Gasteiger partial charge is 0.262 e. The number of anilines is 1. The van der Waals surface area contributed by atoms with E-state index in [1.54, 1.807) is 18.2 Å². The van der Waals surface area contributed by atoms with Gasteiger partial charge in [-0.1, -0.05) is 30.3 Å². The summed E-state index contributed by atoms with van der Waals surface area (Å²) in [7, 11) is 0. The van der Waals surface area contributed by atoms with E-state index in [2.05, 4.69) is 5.32 Å². The molecule has 1 unspecified atom stereocenters.